The molecule has 1 aliphatic heterocycles. The highest BCUT2D eigenvalue weighted by molar-refractivity contribution is 7.89. The topological polar surface area (TPSA) is 94.2 Å². The van der Waals surface area contributed by atoms with Crippen molar-refractivity contribution in [3.05, 3.63) is 53.6 Å². The van der Waals surface area contributed by atoms with Gasteiger partial charge >= 0.3 is 0 Å². The van der Waals surface area contributed by atoms with Gasteiger partial charge in [0.15, 0.2) is 11.5 Å². The van der Waals surface area contributed by atoms with Crippen molar-refractivity contribution in [3.63, 3.8) is 0 Å². The maximum absolute atomic E-state index is 13.0. The summed E-state index contributed by atoms with van der Waals surface area (Å²) in [4.78, 5) is 13.1. The van der Waals surface area contributed by atoms with Gasteiger partial charge in [0.25, 0.3) is 5.91 Å². The third-order valence-corrected chi connectivity index (χ3v) is 7.34. The van der Waals surface area contributed by atoms with E-state index in [4.69, 9.17) is 14.2 Å². The molecule has 0 bridgehead atoms. The first-order valence-electron chi connectivity index (χ1n) is 11.7. The molecule has 9 heteroatoms. The van der Waals surface area contributed by atoms with Gasteiger partial charge in [-0.3, -0.25) is 4.79 Å². The van der Waals surface area contributed by atoms with Gasteiger partial charge in [-0.2, -0.15) is 4.31 Å². The Balaban J connectivity index is 1.74. The molecular formula is C25H34N2O6S. The van der Waals surface area contributed by atoms with Crippen LogP contribution in [0.5, 0.6) is 11.5 Å². The zero-order chi connectivity index (χ0) is 24.6. The predicted octanol–water partition coefficient (Wildman–Crippen LogP) is 3.78. The van der Waals surface area contributed by atoms with Crippen LogP contribution >= 0.6 is 0 Å². The van der Waals surface area contributed by atoms with Gasteiger partial charge in [-0.1, -0.05) is 26.0 Å². The van der Waals surface area contributed by atoms with Gasteiger partial charge in [-0.25, -0.2) is 8.42 Å². The molecule has 2 aromatic carbocycles. The Kier molecular flexibility index (Phi) is 9.32. The second-order valence-corrected chi connectivity index (χ2v) is 10.1. The van der Waals surface area contributed by atoms with Crippen molar-refractivity contribution < 1.29 is 27.4 Å². The molecule has 2 aromatic rings. The first kappa shape index (κ1) is 26.0. The minimum absolute atomic E-state index is 0.0994. The molecule has 1 saturated heterocycles. The van der Waals surface area contributed by atoms with E-state index >= 15 is 0 Å². The van der Waals surface area contributed by atoms with Gasteiger partial charge in [-0.15, -0.1) is 0 Å². The molecule has 34 heavy (non-hydrogen) atoms. The molecule has 1 aliphatic rings. The third kappa shape index (κ3) is 6.49. The summed E-state index contributed by atoms with van der Waals surface area (Å²) in [6.07, 6.45) is 1.76. The first-order chi connectivity index (χ1) is 16.4. The fourth-order valence-corrected chi connectivity index (χ4v) is 5.00. The van der Waals surface area contributed by atoms with Crippen LogP contribution in [0.15, 0.2) is 47.4 Å². The number of amides is 1. The van der Waals surface area contributed by atoms with Crippen LogP contribution in [-0.4, -0.2) is 58.1 Å². The van der Waals surface area contributed by atoms with Crippen LogP contribution in [0.2, 0.25) is 0 Å². The molecule has 1 atom stereocenters. The highest BCUT2D eigenvalue weighted by Crippen LogP contribution is 2.31. The van der Waals surface area contributed by atoms with Crippen molar-refractivity contribution in [2.45, 2.75) is 44.6 Å². The SMILES string of the molecule is CCCOc1ccc(C(C)NC(=O)c2cccc(S(=O)(=O)N3CCOCC3)c2)cc1OCCC. The van der Waals surface area contributed by atoms with Crippen LogP contribution in [0.1, 0.15) is 55.6 Å². The Hall–Kier alpha value is -2.62. The zero-order valence-corrected chi connectivity index (χ0v) is 20.9. The molecule has 1 fully saturated rings. The zero-order valence-electron chi connectivity index (χ0n) is 20.1. The molecule has 8 nitrogen and oxygen atoms in total. The van der Waals surface area contributed by atoms with Crippen molar-refractivity contribution in [2.75, 3.05) is 39.5 Å². The highest BCUT2D eigenvalue weighted by atomic mass is 32.2. The second-order valence-electron chi connectivity index (χ2n) is 8.14. The van der Waals surface area contributed by atoms with Gasteiger partial charge < -0.3 is 19.5 Å². The van der Waals surface area contributed by atoms with Gasteiger partial charge in [0, 0.05) is 18.7 Å². The van der Waals surface area contributed by atoms with Crippen LogP contribution in [0.25, 0.3) is 0 Å². The number of rotatable bonds is 11. The standard InChI is InChI=1S/C25H34N2O6S/c1-4-13-32-23-10-9-20(18-24(23)33-14-5-2)19(3)26-25(28)21-7-6-8-22(17-21)34(29,30)27-11-15-31-16-12-27/h6-10,17-19H,4-5,11-16H2,1-3H3,(H,26,28). The Morgan fingerprint density at radius 1 is 1.03 bits per heavy atom. The number of nitrogens with one attached hydrogen (secondary N) is 1. The van der Waals surface area contributed by atoms with Gasteiger partial charge in [0.2, 0.25) is 10.0 Å². The molecule has 1 unspecified atom stereocenters. The van der Waals surface area contributed by atoms with E-state index in [1.807, 2.05) is 39.0 Å². The van der Waals surface area contributed by atoms with Gasteiger partial charge in [-0.05, 0) is 55.7 Å². The van der Waals surface area contributed by atoms with E-state index in [1.54, 1.807) is 12.1 Å². The Morgan fingerprint density at radius 2 is 1.71 bits per heavy atom. The third-order valence-electron chi connectivity index (χ3n) is 5.44. The van der Waals surface area contributed by atoms with Crippen LogP contribution in [0, 0.1) is 0 Å². The minimum atomic E-state index is -3.68. The maximum atomic E-state index is 13.0. The Bertz CT molecular complexity index is 1070. The fraction of sp³-hybridized carbons (Fsp3) is 0.480. The summed E-state index contributed by atoms with van der Waals surface area (Å²) < 4.78 is 44.2. The summed E-state index contributed by atoms with van der Waals surface area (Å²) >= 11 is 0. The summed E-state index contributed by atoms with van der Waals surface area (Å²) in [6, 6.07) is 11.4. The minimum Gasteiger partial charge on any atom is -0.490 e. The van der Waals surface area contributed by atoms with E-state index in [1.165, 1.54) is 16.4 Å². The largest absolute Gasteiger partial charge is 0.490 e. The predicted molar refractivity (Wildman–Crippen MR) is 130 cm³/mol. The number of ether oxygens (including phenoxy) is 3. The number of carbonyl (C=O) groups is 1. The molecule has 1 amide bonds. The van der Waals surface area contributed by atoms with E-state index in [2.05, 4.69) is 5.32 Å². The normalized spacial score (nSPS) is 15.5. The summed E-state index contributed by atoms with van der Waals surface area (Å²) in [5, 5.41) is 2.95. The van der Waals surface area contributed by atoms with Crippen molar-refractivity contribution >= 4 is 15.9 Å². The maximum Gasteiger partial charge on any atom is 0.251 e. The van der Waals surface area contributed by atoms with Gasteiger partial charge in [0.1, 0.15) is 0 Å². The van der Waals surface area contributed by atoms with E-state index in [0.717, 1.165) is 18.4 Å². The molecule has 1 N–H and O–H groups in total. The van der Waals surface area contributed by atoms with Gasteiger partial charge in [0.05, 0.1) is 37.4 Å². The molecular weight excluding hydrogens is 456 g/mol. The van der Waals surface area contributed by atoms with Crippen molar-refractivity contribution in [2.24, 2.45) is 0 Å². The van der Waals surface area contributed by atoms with E-state index in [0.29, 0.717) is 51.0 Å². The average molecular weight is 491 g/mol. The number of morpholine rings is 1. The smallest absolute Gasteiger partial charge is 0.251 e. The second kappa shape index (κ2) is 12.2. The van der Waals surface area contributed by atoms with Crippen LogP contribution in [0.3, 0.4) is 0 Å². The lowest BCUT2D eigenvalue weighted by Crippen LogP contribution is -2.40. The fourth-order valence-electron chi connectivity index (χ4n) is 3.55. The van der Waals surface area contributed by atoms with Crippen LogP contribution in [0.4, 0.5) is 0 Å². The number of sulfonamides is 1. The number of carbonyl (C=O) groups excluding carboxylic acids is 1. The van der Waals surface area contributed by atoms with E-state index in [9.17, 15) is 13.2 Å². The summed E-state index contributed by atoms with van der Waals surface area (Å²) in [5.41, 5.74) is 1.15. The molecule has 186 valence electrons. The Labute approximate surface area is 202 Å². The van der Waals surface area contributed by atoms with Crippen LogP contribution < -0.4 is 14.8 Å². The molecule has 3 rings (SSSR count). The van der Waals surface area contributed by atoms with Crippen molar-refractivity contribution in [1.82, 2.24) is 9.62 Å². The van der Waals surface area contributed by atoms with Crippen molar-refractivity contribution in [3.8, 4) is 11.5 Å². The molecule has 0 aliphatic carbocycles. The molecule has 0 aromatic heterocycles. The van der Waals surface area contributed by atoms with E-state index < -0.39 is 10.0 Å². The highest BCUT2D eigenvalue weighted by Gasteiger charge is 2.27. The van der Waals surface area contributed by atoms with Crippen molar-refractivity contribution in [1.29, 1.82) is 0 Å². The monoisotopic (exact) mass is 490 g/mol. The summed E-state index contributed by atoms with van der Waals surface area (Å²) in [7, 11) is -3.68. The Morgan fingerprint density at radius 3 is 2.38 bits per heavy atom. The molecule has 0 radical (unpaired) electrons. The lowest BCUT2D eigenvalue weighted by atomic mass is 10.1. The lowest BCUT2D eigenvalue weighted by molar-refractivity contribution is 0.0730. The molecule has 1 heterocycles. The number of hydrogen-bond donors (Lipinski definition) is 1. The lowest BCUT2D eigenvalue weighted by Gasteiger charge is -2.26. The van der Waals surface area contributed by atoms with Crippen LogP contribution in [-0.2, 0) is 14.8 Å². The number of hydrogen-bond acceptors (Lipinski definition) is 6. The molecule has 0 spiro atoms. The molecule has 0 saturated carbocycles. The average Bonchev–Trinajstić information content (AvgIpc) is 2.86. The van der Waals surface area contributed by atoms with E-state index in [-0.39, 0.29) is 22.4 Å². The number of benzene rings is 2. The summed E-state index contributed by atoms with van der Waals surface area (Å²) in [5.74, 6) is 0.972. The quantitative estimate of drug-likeness (QED) is 0.515. The summed E-state index contributed by atoms with van der Waals surface area (Å²) in [6.45, 7) is 8.44. The first-order valence-corrected chi connectivity index (χ1v) is 13.2. The number of nitrogens with zero attached hydrogens (tertiary/aromatic N) is 1.